The van der Waals surface area contributed by atoms with Gasteiger partial charge >= 0.3 is 245 Å². The van der Waals surface area contributed by atoms with E-state index in [1.54, 1.807) is 0 Å². The molecule has 39 heavy (non-hydrogen) atoms. The summed E-state index contributed by atoms with van der Waals surface area (Å²) in [5.74, 6) is -1.06. The Morgan fingerprint density at radius 1 is 0.667 bits per heavy atom. The summed E-state index contributed by atoms with van der Waals surface area (Å²) >= 11 is 0.593. The molecule has 4 aromatic rings. The van der Waals surface area contributed by atoms with Gasteiger partial charge in [-0.05, 0) is 0 Å². The van der Waals surface area contributed by atoms with Crippen molar-refractivity contribution in [1.82, 2.24) is 0 Å². The minimum atomic E-state index is -0.823. The van der Waals surface area contributed by atoms with E-state index in [4.69, 9.17) is 4.74 Å². The number of carbonyl (C=O) groups is 2. The van der Waals surface area contributed by atoms with Crippen molar-refractivity contribution in [3.63, 3.8) is 0 Å². The predicted molar refractivity (Wildman–Crippen MR) is 161 cm³/mol. The molecule has 0 aliphatic rings. The molecule has 4 rings (SSSR count). The fraction of sp³-hybridized carbons (Fsp3) is 0.212. The van der Waals surface area contributed by atoms with E-state index >= 15 is 0 Å². The van der Waals surface area contributed by atoms with Crippen molar-refractivity contribution in [2.75, 3.05) is 7.11 Å². The normalized spacial score (nSPS) is 10.4. The van der Waals surface area contributed by atoms with Crippen LogP contribution in [0.3, 0.4) is 0 Å². The van der Waals surface area contributed by atoms with E-state index in [2.05, 4.69) is 49.4 Å². The Balaban J connectivity index is 0.000000216. The molecule has 0 unspecified atom stereocenters. The third-order valence-electron chi connectivity index (χ3n) is 6.00. The molecule has 0 aliphatic carbocycles. The Bertz CT molecular complexity index is 1420. The van der Waals surface area contributed by atoms with E-state index in [-0.39, 0.29) is 20.9 Å². The standard InChI is InChI=1S/C17H18O2Se.C16H16O2Se/c1-12-9-13(2)16(17(18)19-3)14(10-12)11-20-15-7-5-4-6-8-15;1-11-8-12(2)15(16(17)18)13(9-11)10-19-14-6-4-3-5-7-14/h4-10H,11H2,1-3H3;3-9H,10H2,1-2H3,(H,17,18). The van der Waals surface area contributed by atoms with Gasteiger partial charge in [0.1, 0.15) is 0 Å². The third-order valence-corrected chi connectivity index (χ3v) is 10.5. The van der Waals surface area contributed by atoms with E-state index in [1.165, 1.54) is 21.6 Å². The molecule has 0 heterocycles. The average Bonchev–Trinajstić information content (AvgIpc) is 2.91. The van der Waals surface area contributed by atoms with E-state index < -0.39 is 5.97 Å². The van der Waals surface area contributed by atoms with Crippen LogP contribution in [-0.2, 0) is 15.4 Å². The zero-order valence-electron chi connectivity index (χ0n) is 23.0. The minimum absolute atomic E-state index is 0.235. The number of aromatic carboxylic acids is 1. The van der Waals surface area contributed by atoms with Gasteiger partial charge in [-0.1, -0.05) is 0 Å². The van der Waals surface area contributed by atoms with Crippen molar-refractivity contribution in [2.45, 2.75) is 38.3 Å². The van der Waals surface area contributed by atoms with Crippen LogP contribution in [0.2, 0.25) is 0 Å². The number of benzene rings is 4. The first-order valence-electron chi connectivity index (χ1n) is 12.6. The molecule has 0 radical (unpaired) electrons. The van der Waals surface area contributed by atoms with Gasteiger partial charge in [0.15, 0.2) is 0 Å². The van der Waals surface area contributed by atoms with Gasteiger partial charge in [-0.15, -0.1) is 0 Å². The Labute approximate surface area is 244 Å². The van der Waals surface area contributed by atoms with Crippen molar-refractivity contribution in [3.8, 4) is 0 Å². The molecule has 202 valence electrons. The summed E-state index contributed by atoms with van der Waals surface area (Å²) in [5.41, 5.74) is 7.42. The first-order chi connectivity index (χ1) is 18.7. The van der Waals surface area contributed by atoms with Gasteiger partial charge in [-0.25, -0.2) is 0 Å². The number of carboxylic acids is 1. The second-order valence-corrected chi connectivity index (χ2v) is 13.6. The van der Waals surface area contributed by atoms with Gasteiger partial charge in [0, 0.05) is 0 Å². The quantitative estimate of drug-likeness (QED) is 0.211. The van der Waals surface area contributed by atoms with Crippen molar-refractivity contribution in [2.24, 2.45) is 0 Å². The van der Waals surface area contributed by atoms with Crippen LogP contribution >= 0.6 is 0 Å². The number of carbonyl (C=O) groups excluding carboxylic acids is 1. The fourth-order valence-electron chi connectivity index (χ4n) is 4.39. The Morgan fingerprint density at radius 3 is 1.49 bits per heavy atom. The van der Waals surface area contributed by atoms with Gasteiger partial charge in [-0.2, -0.15) is 0 Å². The van der Waals surface area contributed by atoms with Crippen LogP contribution < -0.4 is 8.92 Å². The number of aryl methyl sites for hydroxylation is 4. The van der Waals surface area contributed by atoms with Gasteiger partial charge in [0.2, 0.25) is 0 Å². The summed E-state index contributed by atoms with van der Waals surface area (Å²) in [6.45, 7) is 7.92. The molecule has 0 saturated heterocycles. The van der Waals surface area contributed by atoms with Gasteiger partial charge in [-0.3, -0.25) is 0 Å². The molecule has 6 heteroatoms. The van der Waals surface area contributed by atoms with Crippen LogP contribution in [-0.4, -0.2) is 54.1 Å². The number of carboxylic acid groups (broad SMARTS) is 1. The summed E-state index contributed by atoms with van der Waals surface area (Å²) in [4.78, 5) is 23.3. The molecule has 0 amide bonds. The third kappa shape index (κ3) is 8.95. The van der Waals surface area contributed by atoms with Crippen LogP contribution in [0.5, 0.6) is 0 Å². The summed E-state index contributed by atoms with van der Waals surface area (Å²) in [5, 5.41) is 11.1. The molecule has 4 nitrogen and oxygen atoms in total. The zero-order valence-corrected chi connectivity index (χ0v) is 26.4. The van der Waals surface area contributed by atoms with Crippen molar-refractivity contribution >= 4 is 50.8 Å². The summed E-state index contributed by atoms with van der Waals surface area (Å²) < 4.78 is 7.56. The molecule has 0 aliphatic heterocycles. The predicted octanol–water partition coefficient (Wildman–Crippen LogP) is 5.15. The molecule has 0 aromatic heterocycles. The van der Waals surface area contributed by atoms with Gasteiger partial charge < -0.3 is 0 Å². The number of hydrogen-bond donors (Lipinski definition) is 1. The monoisotopic (exact) mass is 654 g/mol. The molecule has 0 bridgehead atoms. The van der Waals surface area contributed by atoms with Crippen molar-refractivity contribution in [3.05, 3.63) is 129 Å². The maximum absolute atomic E-state index is 12.0. The van der Waals surface area contributed by atoms with Crippen LogP contribution in [0.4, 0.5) is 0 Å². The van der Waals surface area contributed by atoms with Gasteiger partial charge in [0.25, 0.3) is 0 Å². The Kier molecular flexibility index (Phi) is 11.6. The van der Waals surface area contributed by atoms with Gasteiger partial charge in [0.05, 0.1) is 0 Å². The second kappa shape index (κ2) is 14.9. The van der Waals surface area contributed by atoms with Crippen LogP contribution in [0.15, 0.2) is 84.9 Å². The van der Waals surface area contributed by atoms with E-state index in [1.807, 2.05) is 63.2 Å². The zero-order chi connectivity index (χ0) is 28.4. The molecule has 0 atom stereocenters. The van der Waals surface area contributed by atoms with E-state index in [9.17, 15) is 14.7 Å². The molecule has 0 saturated carbocycles. The molecule has 4 aromatic carbocycles. The SMILES string of the molecule is COC(=O)c1c(C)cc(C)cc1C[Se]c1ccccc1.Cc1cc(C)c(C(=O)O)c(C[Se]c2ccccc2)c1. The molecule has 0 fully saturated rings. The fourth-order valence-corrected chi connectivity index (χ4v) is 8.17. The number of methoxy groups -OCH3 is 1. The van der Waals surface area contributed by atoms with E-state index in [0.717, 1.165) is 44.0 Å². The topological polar surface area (TPSA) is 63.6 Å². The number of hydrogen-bond acceptors (Lipinski definition) is 3. The first kappa shape index (κ1) is 30.4. The number of ether oxygens (including phenoxy) is 1. The number of esters is 1. The molecule has 0 spiro atoms. The molecule has 1 N–H and O–H groups in total. The maximum atomic E-state index is 12.0. The van der Waals surface area contributed by atoms with E-state index in [0.29, 0.717) is 20.5 Å². The second-order valence-electron chi connectivity index (χ2n) is 9.23. The van der Waals surface area contributed by atoms with Crippen molar-refractivity contribution < 1.29 is 19.4 Å². The Morgan fingerprint density at radius 2 is 1.08 bits per heavy atom. The van der Waals surface area contributed by atoms with Crippen LogP contribution in [0.1, 0.15) is 54.1 Å². The summed E-state index contributed by atoms with van der Waals surface area (Å²) in [6.07, 6.45) is 0. The van der Waals surface area contributed by atoms with Crippen LogP contribution in [0, 0.1) is 27.7 Å². The summed E-state index contributed by atoms with van der Waals surface area (Å²) in [6, 6.07) is 28.7. The number of rotatable bonds is 8. The molecular formula is C33H34O4Se2. The first-order valence-corrected chi connectivity index (χ1v) is 16.7. The Hall–Kier alpha value is -3.14. The summed E-state index contributed by atoms with van der Waals surface area (Å²) in [7, 11) is 1.44. The van der Waals surface area contributed by atoms with Crippen molar-refractivity contribution in [1.29, 1.82) is 0 Å². The average molecular weight is 653 g/mol. The molecular weight excluding hydrogens is 618 g/mol. The van der Waals surface area contributed by atoms with Crippen LogP contribution in [0.25, 0.3) is 0 Å².